The Morgan fingerprint density at radius 2 is 2.05 bits per heavy atom. The fraction of sp³-hybridized carbons (Fsp3) is 0.586. The van der Waals surface area contributed by atoms with Crippen molar-refractivity contribution in [3.05, 3.63) is 28.9 Å². The van der Waals surface area contributed by atoms with Crippen LogP contribution in [0, 0.1) is 22.7 Å². The molecule has 1 aromatic heterocycles. The van der Waals surface area contributed by atoms with Gasteiger partial charge < -0.3 is 19.9 Å². The topological polar surface area (TPSA) is 115 Å². The first-order valence-corrected chi connectivity index (χ1v) is 14.1. The van der Waals surface area contributed by atoms with Crippen LogP contribution in [0.5, 0.6) is 5.75 Å². The number of nitrogens with zero attached hydrogens (tertiary/aromatic N) is 2. The van der Waals surface area contributed by atoms with Crippen molar-refractivity contribution in [2.24, 2.45) is 11.3 Å². The first-order valence-electron chi connectivity index (χ1n) is 13.7. The Balaban J connectivity index is 1.39. The third-order valence-corrected chi connectivity index (χ3v) is 9.10. The number of carbonyl (C=O) groups excluding carboxylic acids is 3. The average molecular weight is 539 g/mol. The normalized spacial score (nSPS) is 23.8. The Morgan fingerprint density at radius 3 is 2.76 bits per heavy atom. The van der Waals surface area contributed by atoms with E-state index < -0.39 is 12.1 Å². The fourth-order valence-corrected chi connectivity index (χ4v) is 7.04. The number of hydrogen-bond acceptors (Lipinski definition) is 5. The van der Waals surface area contributed by atoms with E-state index >= 15 is 0 Å². The number of aromatic amines is 1. The molecule has 1 aliphatic heterocycles. The number of methoxy groups -OCH3 is 1. The maximum Gasteiger partial charge on any atom is 0.271 e. The average Bonchev–Trinajstić information content (AvgIpc) is 3.52. The number of amides is 2. The number of ketones is 1. The largest absolute Gasteiger partial charge is 0.494 e. The standard InChI is InChI=1S/C29H35ClN4O4/c1-38-26-20-14-23(33-22(20)10-9-21(26)30)28(37)34-17-29(11-5-2-6-12-29)15-24(34)27(36)32-19(16-31)13-18-7-3-4-8-25(18)35/h9-10,14,18-19,24,33H,2-8,11-13,15,17H2,1H3,(H,32,36)/t18-,19-,24?/m0/s1. The van der Waals surface area contributed by atoms with E-state index in [0.717, 1.165) is 50.5 Å². The SMILES string of the molecule is COc1c(Cl)ccc2[nH]c(C(=O)N3CC4(CCCCC4)CC3C(=O)N[C@H](C#N)C[C@@H]3CCCCC3=O)cc12. The summed E-state index contributed by atoms with van der Waals surface area (Å²) < 4.78 is 5.46. The number of hydrogen-bond donors (Lipinski definition) is 2. The number of Topliss-reactive ketones (excluding diaryl/α,β-unsaturated/α-hetero) is 1. The van der Waals surface area contributed by atoms with Crippen molar-refractivity contribution in [1.29, 1.82) is 5.26 Å². The van der Waals surface area contributed by atoms with Crippen LogP contribution in [-0.4, -0.2) is 53.2 Å². The summed E-state index contributed by atoms with van der Waals surface area (Å²) in [7, 11) is 1.54. The molecular formula is C29H35ClN4O4. The predicted molar refractivity (Wildman–Crippen MR) is 144 cm³/mol. The van der Waals surface area contributed by atoms with E-state index in [0.29, 0.717) is 47.7 Å². The van der Waals surface area contributed by atoms with Gasteiger partial charge in [0.1, 0.15) is 29.3 Å². The Kier molecular flexibility index (Phi) is 7.67. The lowest BCUT2D eigenvalue weighted by molar-refractivity contribution is -0.127. The highest BCUT2D eigenvalue weighted by atomic mass is 35.5. The first-order chi connectivity index (χ1) is 18.3. The van der Waals surface area contributed by atoms with Crippen molar-refractivity contribution in [2.75, 3.05) is 13.7 Å². The highest BCUT2D eigenvalue weighted by Gasteiger charge is 2.49. The van der Waals surface area contributed by atoms with Crippen LogP contribution in [0.15, 0.2) is 18.2 Å². The third kappa shape index (κ3) is 5.13. The van der Waals surface area contributed by atoms with Gasteiger partial charge in [0.2, 0.25) is 5.91 Å². The van der Waals surface area contributed by atoms with Gasteiger partial charge in [-0.3, -0.25) is 14.4 Å². The number of aromatic nitrogens is 1. The molecule has 3 aliphatic rings. The molecule has 2 heterocycles. The van der Waals surface area contributed by atoms with Gasteiger partial charge in [-0.05, 0) is 62.1 Å². The fourth-order valence-electron chi connectivity index (χ4n) is 6.80. The van der Waals surface area contributed by atoms with Crippen molar-refractivity contribution < 1.29 is 19.1 Å². The van der Waals surface area contributed by atoms with Gasteiger partial charge in [0.25, 0.3) is 5.91 Å². The van der Waals surface area contributed by atoms with Gasteiger partial charge >= 0.3 is 0 Å². The summed E-state index contributed by atoms with van der Waals surface area (Å²) in [6.07, 6.45) is 9.39. The Labute approximate surface area is 228 Å². The van der Waals surface area contributed by atoms with Crippen LogP contribution < -0.4 is 10.1 Å². The molecule has 2 aromatic rings. The van der Waals surface area contributed by atoms with Gasteiger partial charge in [-0.1, -0.05) is 37.3 Å². The maximum atomic E-state index is 13.9. The van der Waals surface area contributed by atoms with E-state index in [9.17, 15) is 19.6 Å². The minimum absolute atomic E-state index is 0.0929. The lowest BCUT2D eigenvalue weighted by Gasteiger charge is -2.32. The Hall–Kier alpha value is -3.05. The second-order valence-electron chi connectivity index (χ2n) is 11.3. The van der Waals surface area contributed by atoms with Gasteiger partial charge in [0, 0.05) is 29.8 Å². The lowest BCUT2D eigenvalue weighted by Crippen LogP contribution is -2.49. The Bertz CT molecular complexity index is 1280. The summed E-state index contributed by atoms with van der Waals surface area (Å²) in [4.78, 5) is 44.7. The molecule has 2 amide bonds. The van der Waals surface area contributed by atoms with Gasteiger partial charge in [-0.2, -0.15) is 5.26 Å². The second-order valence-corrected chi connectivity index (χ2v) is 11.7. The molecule has 38 heavy (non-hydrogen) atoms. The number of ether oxygens (including phenoxy) is 1. The molecule has 2 aliphatic carbocycles. The number of fused-ring (bicyclic) bond motifs is 1. The molecule has 1 saturated heterocycles. The van der Waals surface area contributed by atoms with Crippen LogP contribution in [0.1, 0.15) is 81.1 Å². The number of nitrogens with one attached hydrogen (secondary N) is 2. The number of nitriles is 1. The molecule has 1 unspecified atom stereocenters. The number of H-pyrrole nitrogens is 1. The quantitative estimate of drug-likeness (QED) is 0.527. The molecule has 1 aromatic carbocycles. The van der Waals surface area contributed by atoms with Crippen molar-refractivity contribution in [1.82, 2.24) is 15.2 Å². The van der Waals surface area contributed by atoms with Crippen molar-refractivity contribution >= 4 is 40.1 Å². The van der Waals surface area contributed by atoms with Crippen molar-refractivity contribution in [3.8, 4) is 11.8 Å². The molecular weight excluding hydrogens is 504 g/mol. The van der Waals surface area contributed by atoms with Gasteiger partial charge in [-0.15, -0.1) is 0 Å². The summed E-state index contributed by atoms with van der Waals surface area (Å²) in [5, 5.41) is 13.9. The summed E-state index contributed by atoms with van der Waals surface area (Å²) in [5.74, 6) is -0.0786. The zero-order valence-corrected chi connectivity index (χ0v) is 22.6. The van der Waals surface area contributed by atoms with E-state index in [1.54, 1.807) is 23.1 Å². The van der Waals surface area contributed by atoms with E-state index in [-0.39, 0.29) is 28.9 Å². The predicted octanol–water partition coefficient (Wildman–Crippen LogP) is 5.15. The second kappa shape index (κ2) is 11.0. The van der Waals surface area contributed by atoms with E-state index in [1.165, 1.54) is 13.5 Å². The first kappa shape index (κ1) is 26.6. The number of halogens is 1. The summed E-state index contributed by atoms with van der Waals surface area (Å²) in [6.45, 7) is 0.509. The van der Waals surface area contributed by atoms with E-state index in [1.807, 2.05) is 0 Å². The molecule has 3 fully saturated rings. The van der Waals surface area contributed by atoms with Crippen LogP contribution in [0.3, 0.4) is 0 Å². The number of rotatable bonds is 6. The maximum absolute atomic E-state index is 13.9. The zero-order valence-electron chi connectivity index (χ0n) is 21.9. The molecule has 2 N–H and O–H groups in total. The number of likely N-dealkylation sites (tertiary alicyclic amines) is 1. The van der Waals surface area contributed by atoms with Crippen LogP contribution in [0.4, 0.5) is 0 Å². The number of benzene rings is 1. The molecule has 5 rings (SSSR count). The molecule has 0 bridgehead atoms. The zero-order chi connectivity index (χ0) is 26.9. The van der Waals surface area contributed by atoms with Crippen LogP contribution in [0.2, 0.25) is 5.02 Å². The molecule has 0 radical (unpaired) electrons. The summed E-state index contributed by atoms with van der Waals surface area (Å²) in [6, 6.07) is 6.01. The van der Waals surface area contributed by atoms with E-state index in [4.69, 9.17) is 16.3 Å². The van der Waals surface area contributed by atoms with Crippen LogP contribution in [-0.2, 0) is 9.59 Å². The van der Waals surface area contributed by atoms with Gasteiger partial charge in [0.05, 0.1) is 18.2 Å². The third-order valence-electron chi connectivity index (χ3n) is 8.80. The molecule has 8 nitrogen and oxygen atoms in total. The molecule has 9 heteroatoms. The van der Waals surface area contributed by atoms with Crippen LogP contribution in [0.25, 0.3) is 10.9 Å². The van der Waals surface area contributed by atoms with E-state index in [2.05, 4.69) is 16.4 Å². The smallest absolute Gasteiger partial charge is 0.271 e. The highest BCUT2D eigenvalue weighted by Crippen LogP contribution is 2.47. The molecule has 1 spiro atoms. The molecule has 202 valence electrons. The number of carbonyl (C=O) groups is 3. The molecule has 2 saturated carbocycles. The monoisotopic (exact) mass is 538 g/mol. The lowest BCUT2D eigenvalue weighted by atomic mass is 9.72. The minimum atomic E-state index is -0.756. The van der Waals surface area contributed by atoms with Gasteiger partial charge in [-0.25, -0.2) is 0 Å². The molecule has 3 atom stereocenters. The van der Waals surface area contributed by atoms with Crippen molar-refractivity contribution in [3.63, 3.8) is 0 Å². The van der Waals surface area contributed by atoms with Crippen LogP contribution >= 0.6 is 11.6 Å². The Morgan fingerprint density at radius 1 is 1.26 bits per heavy atom. The van der Waals surface area contributed by atoms with Gasteiger partial charge in [0.15, 0.2) is 0 Å². The highest BCUT2D eigenvalue weighted by molar-refractivity contribution is 6.33. The summed E-state index contributed by atoms with van der Waals surface area (Å²) in [5.41, 5.74) is 1.00. The minimum Gasteiger partial charge on any atom is -0.494 e. The summed E-state index contributed by atoms with van der Waals surface area (Å²) >= 11 is 6.29. The van der Waals surface area contributed by atoms with Crippen molar-refractivity contribution in [2.45, 2.75) is 82.7 Å².